The molecule has 0 aliphatic carbocycles. The van der Waals surface area contributed by atoms with Gasteiger partial charge in [-0.05, 0) is 12.5 Å². The zero-order chi connectivity index (χ0) is 14.3. The van der Waals surface area contributed by atoms with Crippen LogP contribution in [0.1, 0.15) is 19.8 Å². The summed E-state index contributed by atoms with van der Waals surface area (Å²) >= 11 is 11.7. The lowest BCUT2D eigenvalue weighted by atomic mass is 10.2. The van der Waals surface area contributed by atoms with Gasteiger partial charge in [0.15, 0.2) is 0 Å². The molecule has 106 valence electrons. The van der Waals surface area contributed by atoms with Crippen molar-refractivity contribution < 1.29 is 4.79 Å². The fourth-order valence-corrected chi connectivity index (χ4v) is 1.93. The number of amides is 1. The van der Waals surface area contributed by atoms with Gasteiger partial charge in [-0.1, -0.05) is 36.5 Å². The molecule has 7 heteroatoms. The first-order valence-electron chi connectivity index (χ1n) is 6.12. The zero-order valence-corrected chi connectivity index (χ0v) is 12.3. The van der Waals surface area contributed by atoms with Crippen LogP contribution in [0, 0.1) is 0 Å². The van der Waals surface area contributed by atoms with Crippen LogP contribution in [0.15, 0.2) is 12.3 Å². The molecule has 1 amide bonds. The van der Waals surface area contributed by atoms with Crippen LogP contribution in [0.5, 0.6) is 0 Å². The standard InChI is InChI=1S/C12H18Cl2N4O/c1-2-3-10(15)12(19)17-5-4-16-11-9(14)6-8(13)7-18-11/h6-7,10H,2-5,15H2,1H3,(H,16,18)(H,17,19). The van der Waals surface area contributed by atoms with Gasteiger partial charge in [-0.25, -0.2) is 4.98 Å². The molecule has 1 unspecified atom stereocenters. The molecule has 1 atom stereocenters. The molecule has 1 heterocycles. The largest absolute Gasteiger partial charge is 0.367 e. The highest BCUT2D eigenvalue weighted by Gasteiger charge is 2.10. The fourth-order valence-electron chi connectivity index (χ4n) is 1.48. The van der Waals surface area contributed by atoms with E-state index in [2.05, 4.69) is 15.6 Å². The second kappa shape index (κ2) is 8.19. The Balaban J connectivity index is 2.29. The zero-order valence-electron chi connectivity index (χ0n) is 10.7. The topological polar surface area (TPSA) is 80.0 Å². The molecule has 0 saturated carbocycles. The molecule has 0 aliphatic heterocycles. The number of carbonyl (C=O) groups excluding carboxylic acids is 1. The molecule has 0 aliphatic rings. The van der Waals surface area contributed by atoms with Gasteiger partial charge in [0.1, 0.15) is 5.82 Å². The Morgan fingerprint density at radius 3 is 2.84 bits per heavy atom. The van der Waals surface area contributed by atoms with Crippen LogP contribution in [-0.2, 0) is 4.79 Å². The molecule has 0 spiro atoms. The van der Waals surface area contributed by atoms with Crippen molar-refractivity contribution in [2.75, 3.05) is 18.4 Å². The Labute approximate surface area is 122 Å². The molecule has 4 N–H and O–H groups in total. The summed E-state index contributed by atoms with van der Waals surface area (Å²) in [6.07, 6.45) is 3.08. The van der Waals surface area contributed by atoms with E-state index in [4.69, 9.17) is 28.9 Å². The number of hydrogen-bond acceptors (Lipinski definition) is 4. The van der Waals surface area contributed by atoms with E-state index in [9.17, 15) is 4.79 Å². The van der Waals surface area contributed by atoms with Gasteiger partial charge in [0.2, 0.25) is 5.91 Å². The van der Waals surface area contributed by atoms with Crippen LogP contribution < -0.4 is 16.4 Å². The summed E-state index contributed by atoms with van der Waals surface area (Å²) in [4.78, 5) is 15.6. The van der Waals surface area contributed by atoms with Crippen LogP contribution in [0.2, 0.25) is 10.0 Å². The normalized spacial score (nSPS) is 12.0. The molecular weight excluding hydrogens is 287 g/mol. The Morgan fingerprint density at radius 1 is 1.47 bits per heavy atom. The van der Waals surface area contributed by atoms with Crippen LogP contribution in [-0.4, -0.2) is 30.0 Å². The van der Waals surface area contributed by atoms with Crippen LogP contribution in [0.25, 0.3) is 0 Å². The number of rotatable bonds is 7. The van der Waals surface area contributed by atoms with E-state index < -0.39 is 6.04 Å². The Morgan fingerprint density at radius 2 is 2.21 bits per heavy atom. The molecule has 0 saturated heterocycles. The monoisotopic (exact) mass is 304 g/mol. The summed E-state index contributed by atoms with van der Waals surface area (Å²) in [5.74, 6) is 0.400. The van der Waals surface area contributed by atoms with E-state index in [-0.39, 0.29) is 5.91 Å². The first-order valence-corrected chi connectivity index (χ1v) is 6.88. The Kier molecular flexibility index (Phi) is 6.91. The number of carbonyl (C=O) groups is 1. The molecule has 5 nitrogen and oxygen atoms in total. The van der Waals surface area contributed by atoms with Gasteiger partial charge in [-0.15, -0.1) is 0 Å². The predicted molar refractivity (Wildman–Crippen MR) is 78.6 cm³/mol. The molecule has 0 fully saturated rings. The van der Waals surface area contributed by atoms with Crippen molar-refractivity contribution in [3.05, 3.63) is 22.3 Å². The second-order valence-corrected chi connectivity index (χ2v) is 4.94. The summed E-state index contributed by atoms with van der Waals surface area (Å²) < 4.78 is 0. The number of nitrogens with two attached hydrogens (primary N) is 1. The lowest BCUT2D eigenvalue weighted by molar-refractivity contribution is -0.122. The van der Waals surface area contributed by atoms with Gasteiger partial charge in [-0.3, -0.25) is 4.79 Å². The van der Waals surface area contributed by atoms with Gasteiger partial charge < -0.3 is 16.4 Å². The van der Waals surface area contributed by atoms with Gasteiger partial charge in [0, 0.05) is 19.3 Å². The van der Waals surface area contributed by atoms with Crippen molar-refractivity contribution in [3.8, 4) is 0 Å². The van der Waals surface area contributed by atoms with Gasteiger partial charge in [0.05, 0.1) is 16.1 Å². The summed E-state index contributed by atoms with van der Waals surface area (Å²) in [6.45, 7) is 2.96. The Bertz CT molecular complexity index is 428. The molecule has 0 bridgehead atoms. The lowest BCUT2D eigenvalue weighted by Gasteiger charge is -2.12. The van der Waals surface area contributed by atoms with E-state index in [0.29, 0.717) is 35.4 Å². The van der Waals surface area contributed by atoms with Crippen molar-refractivity contribution in [3.63, 3.8) is 0 Å². The van der Waals surface area contributed by atoms with E-state index in [0.717, 1.165) is 6.42 Å². The molecule has 1 aromatic rings. The predicted octanol–water partition coefficient (Wildman–Crippen LogP) is 2.04. The van der Waals surface area contributed by atoms with E-state index >= 15 is 0 Å². The first-order chi connectivity index (χ1) is 9.04. The van der Waals surface area contributed by atoms with Crippen LogP contribution in [0.3, 0.4) is 0 Å². The van der Waals surface area contributed by atoms with Crippen LogP contribution >= 0.6 is 23.2 Å². The van der Waals surface area contributed by atoms with E-state index in [1.807, 2.05) is 6.92 Å². The SMILES string of the molecule is CCCC(N)C(=O)NCCNc1ncc(Cl)cc1Cl. The average molecular weight is 305 g/mol. The number of aromatic nitrogens is 1. The number of anilines is 1. The summed E-state index contributed by atoms with van der Waals surface area (Å²) in [7, 11) is 0. The third-order valence-electron chi connectivity index (χ3n) is 2.46. The van der Waals surface area contributed by atoms with Crippen LogP contribution in [0.4, 0.5) is 5.82 Å². The number of hydrogen-bond donors (Lipinski definition) is 3. The molecule has 19 heavy (non-hydrogen) atoms. The highest BCUT2D eigenvalue weighted by molar-refractivity contribution is 6.35. The Hall–Kier alpha value is -1.04. The molecule has 0 aromatic carbocycles. The number of nitrogens with one attached hydrogen (secondary N) is 2. The number of nitrogens with zero attached hydrogens (tertiary/aromatic N) is 1. The second-order valence-electron chi connectivity index (χ2n) is 4.10. The molecule has 1 aromatic heterocycles. The van der Waals surface area contributed by atoms with Gasteiger partial charge in [-0.2, -0.15) is 0 Å². The van der Waals surface area contributed by atoms with Crippen molar-refractivity contribution >= 4 is 34.9 Å². The third kappa shape index (κ3) is 5.63. The summed E-state index contributed by atoms with van der Waals surface area (Å²) in [6, 6.07) is 1.16. The lowest BCUT2D eigenvalue weighted by Crippen LogP contribution is -2.42. The molecule has 0 radical (unpaired) electrons. The highest BCUT2D eigenvalue weighted by Crippen LogP contribution is 2.21. The van der Waals surface area contributed by atoms with Crippen molar-refractivity contribution in [1.82, 2.24) is 10.3 Å². The molecular formula is C12H18Cl2N4O. The summed E-state index contributed by atoms with van der Waals surface area (Å²) in [5, 5.41) is 6.68. The van der Waals surface area contributed by atoms with E-state index in [1.165, 1.54) is 6.20 Å². The maximum atomic E-state index is 11.5. The maximum Gasteiger partial charge on any atom is 0.236 e. The third-order valence-corrected chi connectivity index (χ3v) is 2.96. The first kappa shape index (κ1) is 16.0. The van der Waals surface area contributed by atoms with E-state index in [1.54, 1.807) is 6.07 Å². The fraction of sp³-hybridized carbons (Fsp3) is 0.500. The van der Waals surface area contributed by atoms with Gasteiger partial charge >= 0.3 is 0 Å². The van der Waals surface area contributed by atoms with Crippen molar-refractivity contribution in [2.24, 2.45) is 5.73 Å². The number of pyridine rings is 1. The minimum Gasteiger partial charge on any atom is -0.367 e. The number of halogens is 2. The minimum atomic E-state index is -0.442. The maximum absolute atomic E-state index is 11.5. The quantitative estimate of drug-likeness (QED) is 0.674. The summed E-state index contributed by atoms with van der Waals surface area (Å²) in [5.41, 5.74) is 5.68. The van der Waals surface area contributed by atoms with Crippen molar-refractivity contribution in [2.45, 2.75) is 25.8 Å². The molecule has 1 rings (SSSR count). The van der Waals surface area contributed by atoms with Gasteiger partial charge in [0.25, 0.3) is 0 Å². The van der Waals surface area contributed by atoms with Crippen molar-refractivity contribution in [1.29, 1.82) is 0 Å². The average Bonchev–Trinajstić information content (AvgIpc) is 2.36. The highest BCUT2D eigenvalue weighted by atomic mass is 35.5. The minimum absolute atomic E-state index is 0.140. The smallest absolute Gasteiger partial charge is 0.236 e.